The first-order valence-electron chi connectivity index (χ1n) is 6.38. The molecular formula is C14H19BrFNS. The number of nitrogens with zero attached hydrogens (tertiary/aromatic N) is 1. The summed E-state index contributed by atoms with van der Waals surface area (Å²) in [5.74, 6) is -0.177. The molecule has 100 valence electrons. The molecule has 1 aromatic carbocycles. The van der Waals surface area contributed by atoms with Crippen LogP contribution in [0, 0.1) is 5.82 Å². The van der Waals surface area contributed by atoms with E-state index in [4.69, 9.17) is 0 Å². The van der Waals surface area contributed by atoms with Gasteiger partial charge in [-0.15, -0.1) is 0 Å². The predicted molar refractivity (Wildman–Crippen MR) is 80.5 cm³/mol. The van der Waals surface area contributed by atoms with Crippen molar-refractivity contribution < 1.29 is 4.39 Å². The molecule has 1 aromatic rings. The predicted octanol–water partition coefficient (Wildman–Crippen LogP) is 4.31. The van der Waals surface area contributed by atoms with E-state index in [9.17, 15) is 4.39 Å². The number of thioether (sulfide) groups is 1. The van der Waals surface area contributed by atoms with E-state index in [1.807, 2.05) is 17.8 Å². The molecule has 0 aromatic heterocycles. The first kappa shape index (κ1) is 14.4. The Balaban J connectivity index is 1.96. The van der Waals surface area contributed by atoms with Crippen LogP contribution in [0.5, 0.6) is 0 Å². The summed E-state index contributed by atoms with van der Waals surface area (Å²) >= 11 is 5.44. The fourth-order valence-corrected chi connectivity index (χ4v) is 3.63. The summed E-state index contributed by atoms with van der Waals surface area (Å²) in [6.07, 6.45) is 6.06. The van der Waals surface area contributed by atoms with Gasteiger partial charge in [0, 0.05) is 16.3 Å². The summed E-state index contributed by atoms with van der Waals surface area (Å²) in [6, 6.07) is 4.98. The van der Waals surface area contributed by atoms with Crippen molar-refractivity contribution in [1.82, 2.24) is 4.90 Å². The van der Waals surface area contributed by atoms with Crippen LogP contribution in [0.4, 0.5) is 4.39 Å². The van der Waals surface area contributed by atoms with Crippen molar-refractivity contribution in [3.63, 3.8) is 0 Å². The molecule has 1 heterocycles. The second-order valence-corrected chi connectivity index (χ2v) is 6.79. The molecule has 1 aliphatic heterocycles. The van der Waals surface area contributed by atoms with E-state index in [0.717, 1.165) is 29.4 Å². The Morgan fingerprint density at radius 1 is 1.39 bits per heavy atom. The van der Waals surface area contributed by atoms with Crippen LogP contribution in [0.15, 0.2) is 22.7 Å². The van der Waals surface area contributed by atoms with Crippen LogP contribution in [0.3, 0.4) is 0 Å². The van der Waals surface area contributed by atoms with Gasteiger partial charge in [0.1, 0.15) is 5.82 Å². The standard InChI is InChI=1S/C14H19BrFNS/c1-18-13-3-2-7-17(8-6-13)10-11-4-5-12(16)9-14(11)15/h4-5,9,13H,2-3,6-8,10H2,1H3. The van der Waals surface area contributed by atoms with Crippen molar-refractivity contribution >= 4 is 27.7 Å². The maximum absolute atomic E-state index is 13.0. The van der Waals surface area contributed by atoms with Gasteiger partial charge >= 0.3 is 0 Å². The van der Waals surface area contributed by atoms with Gasteiger partial charge in [-0.1, -0.05) is 22.0 Å². The topological polar surface area (TPSA) is 3.24 Å². The molecule has 0 N–H and O–H groups in total. The van der Waals surface area contributed by atoms with Gasteiger partial charge in [0.25, 0.3) is 0 Å². The smallest absolute Gasteiger partial charge is 0.124 e. The van der Waals surface area contributed by atoms with Crippen LogP contribution in [0.1, 0.15) is 24.8 Å². The van der Waals surface area contributed by atoms with Gasteiger partial charge in [0.05, 0.1) is 0 Å². The van der Waals surface area contributed by atoms with Gasteiger partial charge in [-0.05, 0) is 56.3 Å². The molecule has 1 nitrogen and oxygen atoms in total. The average Bonchev–Trinajstić information content (AvgIpc) is 2.58. The molecule has 1 aliphatic rings. The van der Waals surface area contributed by atoms with Gasteiger partial charge in [-0.25, -0.2) is 4.39 Å². The number of benzene rings is 1. The SMILES string of the molecule is CSC1CCCN(Cc2ccc(F)cc2Br)CC1. The lowest BCUT2D eigenvalue weighted by Crippen LogP contribution is -2.24. The molecular weight excluding hydrogens is 313 g/mol. The minimum absolute atomic E-state index is 0.177. The molecule has 0 radical (unpaired) electrons. The Morgan fingerprint density at radius 3 is 2.94 bits per heavy atom. The van der Waals surface area contributed by atoms with E-state index in [1.54, 1.807) is 12.1 Å². The fourth-order valence-electron chi connectivity index (χ4n) is 2.41. The Hall–Kier alpha value is -0.0600. The highest BCUT2D eigenvalue weighted by molar-refractivity contribution is 9.10. The summed E-state index contributed by atoms with van der Waals surface area (Å²) in [6.45, 7) is 3.22. The zero-order valence-electron chi connectivity index (χ0n) is 10.7. The van der Waals surface area contributed by atoms with E-state index < -0.39 is 0 Å². The quantitative estimate of drug-likeness (QED) is 0.812. The summed E-state index contributed by atoms with van der Waals surface area (Å²) < 4.78 is 13.9. The molecule has 1 unspecified atom stereocenters. The third-order valence-corrected chi connectivity index (χ3v) is 5.39. The van der Waals surface area contributed by atoms with Crippen LogP contribution in [-0.2, 0) is 6.54 Å². The Kier molecular flexibility index (Phi) is 5.52. The van der Waals surface area contributed by atoms with Crippen LogP contribution < -0.4 is 0 Å². The van der Waals surface area contributed by atoms with Crippen molar-refractivity contribution in [2.75, 3.05) is 19.3 Å². The normalized spacial score (nSPS) is 21.8. The van der Waals surface area contributed by atoms with Crippen LogP contribution >= 0.6 is 27.7 Å². The summed E-state index contributed by atoms with van der Waals surface area (Å²) in [5.41, 5.74) is 1.18. The zero-order valence-corrected chi connectivity index (χ0v) is 13.1. The Bertz CT molecular complexity index is 399. The number of likely N-dealkylation sites (tertiary alicyclic amines) is 1. The molecule has 0 spiro atoms. The molecule has 1 atom stereocenters. The summed E-state index contributed by atoms with van der Waals surface area (Å²) in [4.78, 5) is 2.48. The molecule has 1 fully saturated rings. The highest BCUT2D eigenvalue weighted by Gasteiger charge is 2.16. The summed E-state index contributed by atoms with van der Waals surface area (Å²) in [5, 5.41) is 0.812. The summed E-state index contributed by atoms with van der Waals surface area (Å²) in [7, 11) is 0. The van der Waals surface area contributed by atoms with Crippen molar-refractivity contribution in [2.24, 2.45) is 0 Å². The lowest BCUT2D eigenvalue weighted by atomic mass is 10.2. The monoisotopic (exact) mass is 331 g/mol. The third kappa shape index (κ3) is 3.97. The Morgan fingerprint density at radius 2 is 2.22 bits per heavy atom. The van der Waals surface area contributed by atoms with Crippen molar-refractivity contribution in [3.05, 3.63) is 34.1 Å². The molecule has 0 aliphatic carbocycles. The molecule has 0 bridgehead atoms. The largest absolute Gasteiger partial charge is 0.299 e. The molecule has 0 amide bonds. The number of halogens is 2. The van der Waals surface area contributed by atoms with E-state index in [0.29, 0.717) is 0 Å². The number of hydrogen-bond donors (Lipinski definition) is 0. The van der Waals surface area contributed by atoms with Gasteiger partial charge in [0.15, 0.2) is 0 Å². The minimum Gasteiger partial charge on any atom is -0.299 e. The average molecular weight is 332 g/mol. The highest BCUT2D eigenvalue weighted by Crippen LogP contribution is 2.24. The van der Waals surface area contributed by atoms with Gasteiger partial charge in [0.2, 0.25) is 0 Å². The Labute approximate surface area is 121 Å². The fraction of sp³-hybridized carbons (Fsp3) is 0.571. The minimum atomic E-state index is -0.177. The van der Waals surface area contributed by atoms with Crippen LogP contribution in [0.2, 0.25) is 0 Å². The second kappa shape index (κ2) is 6.92. The van der Waals surface area contributed by atoms with E-state index in [-0.39, 0.29) is 5.82 Å². The lowest BCUT2D eigenvalue weighted by molar-refractivity contribution is 0.276. The van der Waals surface area contributed by atoms with Crippen molar-refractivity contribution in [2.45, 2.75) is 31.1 Å². The first-order valence-corrected chi connectivity index (χ1v) is 8.46. The van der Waals surface area contributed by atoms with E-state index in [1.165, 1.54) is 24.8 Å². The van der Waals surface area contributed by atoms with Gasteiger partial charge in [-0.3, -0.25) is 4.90 Å². The molecule has 4 heteroatoms. The van der Waals surface area contributed by atoms with Crippen molar-refractivity contribution in [1.29, 1.82) is 0 Å². The maximum Gasteiger partial charge on any atom is 0.124 e. The zero-order chi connectivity index (χ0) is 13.0. The van der Waals surface area contributed by atoms with Gasteiger partial charge in [-0.2, -0.15) is 11.8 Å². The number of hydrogen-bond acceptors (Lipinski definition) is 2. The highest BCUT2D eigenvalue weighted by atomic mass is 79.9. The molecule has 1 saturated heterocycles. The first-order chi connectivity index (χ1) is 8.69. The lowest BCUT2D eigenvalue weighted by Gasteiger charge is -2.20. The van der Waals surface area contributed by atoms with Gasteiger partial charge < -0.3 is 0 Å². The third-order valence-electron chi connectivity index (χ3n) is 3.51. The molecule has 2 rings (SSSR count). The molecule has 18 heavy (non-hydrogen) atoms. The second-order valence-electron chi connectivity index (χ2n) is 4.80. The molecule has 0 saturated carbocycles. The van der Waals surface area contributed by atoms with Crippen molar-refractivity contribution in [3.8, 4) is 0 Å². The number of rotatable bonds is 3. The van der Waals surface area contributed by atoms with Crippen LogP contribution in [-0.4, -0.2) is 29.5 Å². The van der Waals surface area contributed by atoms with E-state index >= 15 is 0 Å². The van der Waals surface area contributed by atoms with Crippen LogP contribution in [0.25, 0.3) is 0 Å². The maximum atomic E-state index is 13.0. The van der Waals surface area contributed by atoms with E-state index in [2.05, 4.69) is 27.1 Å².